The van der Waals surface area contributed by atoms with E-state index in [-0.39, 0.29) is 36.3 Å². The summed E-state index contributed by atoms with van der Waals surface area (Å²) in [6, 6.07) is 9.08. The van der Waals surface area contributed by atoms with E-state index in [1.165, 1.54) is 11.0 Å². The molecule has 1 unspecified atom stereocenters. The summed E-state index contributed by atoms with van der Waals surface area (Å²) in [5.41, 5.74) is 4.27. The molecule has 0 heterocycles. The van der Waals surface area contributed by atoms with Crippen molar-refractivity contribution in [3.63, 3.8) is 0 Å². The lowest BCUT2D eigenvalue weighted by molar-refractivity contribution is -0.148. The lowest BCUT2D eigenvalue weighted by Crippen LogP contribution is -2.63. The molecule has 2 aromatic carbocycles. The number of likely N-dealkylation sites (N-methyl/N-ethyl adjacent to an activating group) is 1. The first kappa shape index (κ1) is 25.7. The van der Waals surface area contributed by atoms with Crippen LogP contribution in [0.25, 0.3) is 11.1 Å². The van der Waals surface area contributed by atoms with Gasteiger partial charge < -0.3 is 31.3 Å². The second-order valence-corrected chi connectivity index (χ2v) is 10.3. The van der Waals surface area contributed by atoms with Gasteiger partial charge in [-0.15, -0.1) is 0 Å². The van der Waals surface area contributed by atoms with Crippen LogP contribution in [0.5, 0.6) is 5.75 Å². The molecule has 0 bridgehead atoms. The number of Topliss-reactive ketones (excluding diaryl/α,β-unsaturated/α-hetero) is 2. The fraction of sp³-hybridized carbons (Fsp3) is 0.321. The van der Waals surface area contributed by atoms with Crippen molar-refractivity contribution in [2.24, 2.45) is 17.6 Å². The Labute approximate surface area is 217 Å². The van der Waals surface area contributed by atoms with Crippen LogP contribution >= 0.6 is 0 Å². The molecule has 0 saturated carbocycles. The topological polar surface area (TPSA) is 182 Å². The highest BCUT2D eigenvalue weighted by molar-refractivity contribution is 6.24. The van der Waals surface area contributed by atoms with Crippen LogP contribution in [0.4, 0.5) is 0 Å². The Morgan fingerprint density at radius 1 is 1.08 bits per heavy atom. The highest BCUT2D eigenvalue weighted by atomic mass is 16.3. The molecule has 7 N–H and O–H groups in total. The van der Waals surface area contributed by atoms with E-state index in [4.69, 9.17) is 5.73 Å². The summed E-state index contributed by atoms with van der Waals surface area (Å²) in [6.07, 6.45) is 0.213. The number of carbonyl (C=O) groups excluding carboxylic acids is 3. The number of aliphatic hydroxyl groups is 4. The van der Waals surface area contributed by atoms with Gasteiger partial charge in [-0.1, -0.05) is 30.3 Å². The molecule has 4 atom stereocenters. The van der Waals surface area contributed by atoms with Gasteiger partial charge >= 0.3 is 0 Å². The number of nitrogens with two attached hydrogens (primary N) is 1. The molecule has 3 aliphatic rings. The lowest BCUT2D eigenvalue weighted by Gasteiger charge is -2.50. The average molecular weight is 521 g/mol. The minimum Gasteiger partial charge on any atom is -0.510 e. The first-order valence-electron chi connectivity index (χ1n) is 12.1. The number of hydrogen-bond donors (Lipinski definition) is 6. The van der Waals surface area contributed by atoms with Crippen molar-refractivity contribution in [1.29, 1.82) is 0 Å². The number of aromatic hydroxyl groups is 1. The van der Waals surface area contributed by atoms with E-state index in [1.54, 1.807) is 44.4 Å². The Hall–Kier alpha value is -3.99. The number of rotatable bonds is 4. The van der Waals surface area contributed by atoms with Crippen molar-refractivity contribution in [2.75, 3.05) is 14.1 Å². The molecule has 0 spiro atoms. The fourth-order valence-electron chi connectivity index (χ4n) is 6.31. The first-order chi connectivity index (χ1) is 17.9. The summed E-state index contributed by atoms with van der Waals surface area (Å²) in [5, 5.41) is 53.9. The Balaban J connectivity index is 1.70. The van der Waals surface area contributed by atoms with E-state index in [0.29, 0.717) is 16.7 Å². The number of hydrogen-bond acceptors (Lipinski definition) is 9. The van der Waals surface area contributed by atoms with E-state index in [2.05, 4.69) is 0 Å². The minimum atomic E-state index is -2.67. The third-order valence-corrected chi connectivity index (χ3v) is 8.05. The van der Waals surface area contributed by atoms with Crippen LogP contribution in [0.3, 0.4) is 0 Å². The molecule has 10 heteroatoms. The lowest BCUT2D eigenvalue weighted by atomic mass is 9.58. The number of primary amides is 1. The number of nitrogens with zero attached hydrogens (tertiary/aromatic N) is 1. The second kappa shape index (κ2) is 8.80. The maximum Gasteiger partial charge on any atom is 0.255 e. The highest BCUT2D eigenvalue weighted by Gasteiger charge is 2.63. The van der Waals surface area contributed by atoms with Crippen LogP contribution in [0.15, 0.2) is 59.1 Å². The molecule has 38 heavy (non-hydrogen) atoms. The van der Waals surface area contributed by atoms with Crippen LogP contribution in [0.1, 0.15) is 27.9 Å². The van der Waals surface area contributed by atoms with Crippen LogP contribution in [0, 0.1) is 11.8 Å². The maximum atomic E-state index is 13.8. The number of benzene rings is 2. The summed E-state index contributed by atoms with van der Waals surface area (Å²) < 4.78 is 0. The average Bonchev–Trinajstić information content (AvgIpc) is 2.86. The van der Waals surface area contributed by atoms with E-state index < -0.39 is 58.0 Å². The maximum absolute atomic E-state index is 13.8. The van der Waals surface area contributed by atoms with Crippen LogP contribution in [-0.4, -0.2) is 73.6 Å². The minimum absolute atomic E-state index is 0.0182. The smallest absolute Gasteiger partial charge is 0.255 e. The largest absolute Gasteiger partial charge is 0.510 e. The van der Waals surface area contributed by atoms with Gasteiger partial charge in [-0.3, -0.25) is 19.3 Å². The van der Waals surface area contributed by atoms with Crippen molar-refractivity contribution < 1.29 is 39.9 Å². The van der Waals surface area contributed by atoms with Gasteiger partial charge in [0, 0.05) is 11.5 Å². The van der Waals surface area contributed by atoms with Crippen molar-refractivity contribution in [1.82, 2.24) is 4.90 Å². The Morgan fingerprint density at radius 2 is 1.74 bits per heavy atom. The first-order valence-corrected chi connectivity index (χ1v) is 12.1. The highest BCUT2D eigenvalue weighted by Crippen LogP contribution is 2.53. The number of fused-ring (bicyclic) bond motifs is 3. The van der Waals surface area contributed by atoms with Gasteiger partial charge in [0.15, 0.2) is 11.4 Å². The summed E-state index contributed by atoms with van der Waals surface area (Å²) in [7, 11) is 3.17. The zero-order valence-corrected chi connectivity index (χ0v) is 20.8. The van der Waals surface area contributed by atoms with E-state index in [1.807, 2.05) is 0 Å². The van der Waals surface area contributed by atoms with Gasteiger partial charge in [0.05, 0.1) is 18.2 Å². The molecule has 1 amide bonds. The van der Waals surface area contributed by atoms with Crippen molar-refractivity contribution >= 4 is 17.5 Å². The summed E-state index contributed by atoms with van der Waals surface area (Å²) in [5.74, 6) is -6.82. The standard InChI is InChI=1S/C28H28N2O8/c1-30(2)22-17-10-14-9-16-15(13-5-3-12(11-31)4-6-13)7-8-18(32)20(16)23(33)19(14)25(35)28(17,38)26(36)21(24(22)34)27(29)37/h3-8,14,17,22,31-32,34-35,38H,9-11H2,1-2H3,(H2,29,37)/t14-,17-,22?,28-/m0/s1. The molecular formula is C28H28N2O8. The molecule has 0 aromatic heterocycles. The van der Waals surface area contributed by atoms with Crippen molar-refractivity contribution in [3.8, 4) is 16.9 Å². The molecule has 198 valence electrons. The Kier molecular flexibility index (Phi) is 5.94. The van der Waals surface area contributed by atoms with Crippen molar-refractivity contribution in [3.05, 3.63) is 75.8 Å². The molecule has 0 saturated heterocycles. The van der Waals surface area contributed by atoms with Gasteiger partial charge in [-0.2, -0.15) is 0 Å². The molecule has 0 radical (unpaired) electrons. The van der Waals surface area contributed by atoms with E-state index in [0.717, 1.165) is 5.56 Å². The van der Waals surface area contributed by atoms with Crippen molar-refractivity contribution in [2.45, 2.75) is 31.1 Å². The summed E-state index contributed by atoms with van der Waals surface area (Å²) >= 11 is 0. The quantitative estimate of drug-likeness (QED) is 0.324. The van der Waals surface area contributed by atoms with Crippen LogP contribution in [-0.2, 0) is 22.6 Å². The summed E-state index contributed by atoms with van der Waals surface area (Å²) in [6.45, 7) is -0.128. The van der Waals surface area contributed by atoms with Gasteiger partial charge in [-0.25, -0.2) is 0 Å². The zero-order chi connectivity index (χ0) is 27.7. The molecule has 0 aliphatic heterocycles. The monoisotopic (exact) mass is 520 g/mol. The van der Waals surface area contributed by atoms with E-state index in [9.17, 15) is 39.9 Å². The number of ketones is 2. The molecule has 5 rings (SSSR count). The number of phenolic OH excluding ortho intramolecular Hbond substituents is 1. The molecule has 0 fully saturated rings. The molecule has 3 aliphatic carbocycles. The molecule has 2 aromatic rings. The van der Waals surface area contributed by atoms with Gasteiger partial charge in [0.1, 0.15) is 22.8 Å². The SMILES string of the molecule is CN(C)C1C(O)=C(C(N)=O)C(=O)[C@@]2(O)C(O)=C3C(=O)c4c(O)ccc(-c5ccc(CO)cc5)c4C[C@H]3C[C@@H]12. The van der Waals surface area contributed by atoms with E-state index >= 15 is 0 Å². The fourth-order valence-corrected chi connectivity index (χ4v) is 6.31. The third-order valence-electron chi connectivity index (χ3n) is 8.05. The second-order valence-electron chi connectivity index (χ2n) is 10.3. The normalized spacial score (nSPS) is 26.8. The van der Waals surface area contributed by atoms with Gasteiger partial charge in [0.2, 0.25) is 5.78 Å². The number of allylic oxidation sites excluding steroid dienone is 1. The number of aliphatic hydroxyl groups excluding tert-OH is 3. The molecule has 10 nitrogen and oxygen atoms in total. The number of amides is 1. The predicted molar refractivity (Wildman–Crippen MR) is 135 cm³/mol. The zero-order valence-electron chi connectivity index (χ0n) is 20.8. The van der Waals surface area contributed by atoms with Gasteiger partial charge in [-0.05, 0) is 61.2 Å². The number of phenols is 1. The van der Waals surface area contributed by atoms with Gasteiger partial charge in [0.25, 0.3) is 5.91 Å². The predicted octanol–water partition coefficient (Wildman–Crippen LogP) is 1.28. The third kappa shape index (κ3) is 3.41. The van der Waals surface area contributed by atoms with Crippen LogP contribution in [0.2, 0.25) is 0 Å². The Morgan fingerprint density at radius 3 is 2.32 bits per heavy atom. The summed E-state index contributed by atoms with van der Waals surface area (Å²) in [4.78, 5) is 40.7. The van der Waals surface area contributed by atoms with Crippen LogP contribution < -0.4 is 5.73 Å². The number of carbonyl (C=O) groups is 3. The Bertz CT molecular complexity index is 1460. The molecular weight excluding hydrogens is 492 g/mol.